The van der Waals surface area contributed by atoms with Crippen LogP contribution in [0, 0.1) is 17.3 Å². The molecule has 0 unspecified atom stereocenters. The van der Waals surface area contributed by atoms with Gasteiger partial charge in [0, 0.05) is 17.9 Å². The molecule has 0 amide bonds. The number of carbonyl (C=O) groups excluding carboxylic acids is 1. The Hall–Kier alpha value is -0.820. The SMILES string of the molecule is CC1(C)[C@@H]2OCCC[C@H]2[C@@H]1OC(=O)C1CCN(CC(F)(F)F)CC1. The van der Waals surface area contributed by atoms with Gasteiger partial charge in [-0.25, -0.2) is 0 Å². The second-order valence-electron chi connectivity index (χ2n) is 7.94. The molecule has 3 atom stereocenters. The van der Waals surface area contributed by atoms with Gasteiger partial charge in [0.25, 0.3) is 0 Å². The molecule has 0 spiro atoms. The Morgan fingerprint density at radius 1 is 1.25 bits per heavy atom. The Morgan fingerprint density at radius 2 is 1.92 bits per heavy atom. The van der Waals surface area contributed by atoms with Crippen molar-refractivity contribution in [1.82, 2.24) is 4.90 Å². The van der Waals surface area contributed by atoms with Gasteiger partial charge in [-0.15, -0.1) is 0 Å². The topological polar surface area (TPSA) is 38.8 Å². The highest BCUT2D eigenvalue weighted by Gasteiger charge is 2.60. The maximum atomic E-state index is 12.5. The van der Waals surface area contributed by atoms with Gasteiger partial charge < -0.3 is 9.47 Å². The third-order valence-corrected chi connectivity index (χ3v) is 5.79. The summed E-state index contributed by atoms with van der Waals surface area (Å²) in [6.45, 7) is 4.58. The van der Waals surface area contributed by atoms with Crippen LogP contribution in [0.2, 0.25) is 0 Å². The first-order chi connectivity index (χ1) is 11.2. The molecule has 138 valence electrons. The molecule has 1 saturated carbocycles. The highest BCUT2D eigenvalue weighted by atomic mass is 19.4. The summed E-state index contributed by atoms with van der Waals surface area (Å²) in [4.78, 5) is 13.8. The largest absolute Gasteiger partial charge is 0.461 e. The van der Waals surface area contributed by atoms with E-state index in [4.69, 9.17) is 9.47 Å². The van der Waals surface area contributed by atoms with Crippen molar-refractivity contribution in [3.63, 3.8) is 0 Å². The zero-order valence-electron chi connectivity index (χ0n) is 14.3. The minimum Gasteiger partial charge on any atom is -0.461 e. The van der Waals surface area contributed by atoms with Crippen LogP contribution in [-0.2, 0) is 14.3 Å². The number of ether oxygens (including phenoxy) is 2. The van der Waals surface area contributed by atoms with Crippen molar-refractivity contribution in [1.29, 1.82) is 0 Å². The van der Waals surface area contributed by atoms with Gasteiger partial charge in [0.05, 0.1) is 18.6 Å². The van der Waals surface area contributed by atoms with Crippen LogP contribution < -0.4 is 0 Å². The number of halogens is 3. The first-order valence-electron chi connectivity index (χ1n) is 8.79. The summed E-state index contributed by atoms with van der Waals surface area (Å²) in [5.74, 6) is -0.263. The van der Waals surface area contributed by atoms with Crippen LogP contribution in [0.1, 0.15) is 39.5 Å². The lowest BCUT2D eigenvalue weighted by Gasteiger charge is -2.58. The second kappa shape index (κ2) is 6.48. The number of rotatable bonds is 3. The molecule has 0 bridgehead atoms. The Balaban J connectivity index is 1.50. The van der Waals surface area contributed by atoms with Crippen LogP contribution in [-0.4, -0.2) is 55.5 Å². The molecule has 2 heterocycles. The molecule has 0 aromatic heterocycles. The molecule has 0 aromatic carbocycles. The van der Waals surface area contributed by atoms with Gasteiger partial charge in [0.1, 0.15) is 6.10 Å². The number of piperidine rings is 1. The molecule has 0 aromatic rings. The highest BCUT2D eigenvalue weighted by Crippen LogP contribution is 2.53. The highest BCUT2D eigenvalue weighted by molar-refractivity contribution is 5.73. The summed E-state index contributed by atoms with van der Waals surface area (Å²) < 4.78 is 48.9. The predicted molar refractivity (Wildman–Crippen MR) is 81.3 cm³/mol. The monoisotopic (exact) mass is 349 g/mol. The molecule has 4 nitrogen and oxygen atoms in total. The minimum absolute atomic E-state index is 0.136. The fourth-order valence-corrected chi connectivity index (χ4v) is 4.52. The standard InChI is InChI=1S/C17H26F3NO3/c1-16(2)13-12(4-3-9-23-13)14(16)24-15(22)11-5-7-21(8-6-11)10-17(18,19)20/h11-14H,3-10H2,1-2H3/t12-,13-,14+/m1/s1. The predicted octanol–water partition coefficient (Wildman–Crippen LogP) is 3.01. The second-order valence-corrected chi connectivity index (χ2v) is 7.94. The molecule has 0 radical (unpaired) electrons. The van der Waals surface area contributed by atoms with Crippen LogP contribution in [0.15, 0.2) is 0 Å². The van der Waals surface area contributed by atoms with Crippen molar-refractivity contribution >= 4 is 5.97 Å². The van der Waals surface area contributed by atoms with E-state index < -0.39 is 12.7 Å². The van der Waals surface area contributed by atoms with E-state index in [9.17, 15) is 18.0 Å². The number of esters is 1. The molecule has 7 heteroatoms. The summed E-state index contributed by atoms with van der Waals surface area (Å²) in [6, 6.07) is 0. The van der Waals surface area contributed by atoms with Crippen molar-refractivity contribution in [2.75, 3.05) is 26.2 Å². The first kappa shape index (κ1) is 18.0. The minimum atomic E-state index is -4.18. The Bertz CT molecular complexity index is 472. The Morgan fingerprint density at radius 3 is 2.54 bits per heavy atom. The van der Waals surface area contributed by atoms with Crippen LogP contribution in [0.3, 0.4) is 0 Å². The summed E-state index contributed by atoms with van der Waals surface area (Å²) in [7, 11) is 0. The number of nitrogens with zero attached hydrogens (tertiary/aromatic N) is 1. The van der Waals surface area contributed by atoms with Gasteiger partial charge in [-0.05, 0) is 38.8 Å². The first-order valence-corrected chi connectivity index (χ1v) is 8.79. The number of likely N-dealkylation sites (tertiary alicyclic amines) is 1. The Labute approximate surface area is 140 Å². The van der Waals surface area contributed by atoms with Gasteiger partial charge >= 0.3 is 12.1 Å². The maximum Gasteiger partial charge on any atom is 0.401 e. The molecule has 24 heavy (non-hydrogen) atoms. The van der Waals surface area contributed by atoms with Crippen LogP contribution in [0.4, 0.5) is 13.2 Å². The lowest BCUT2D eigenvalue weighted by atomic mass is 9.56. The van der Waals surface area contributed by atoms with Crippen LogP contribution >= 0.6 is 0 Å². The molecule has 2 saturated heterocycles. The molecular formula is C17H26F3NO3. The molecule has 2 aliphatic heterocycles. The molecule has 0 N–H and O–H groups in total. The average Bonchev–Trinajstić information content (AvgIpc) is 2.51. The van der Waals surface area contributed by atoms with E-state index >= 15 is 0 Å². The van der Waals surface area contributed by atoms with Gasteiger partial charge in [-0.3, -0.25) is 9.69 Å². The summed E-state index contributed by atoms with van der Waals surface area (Å²) in [6.07, 6.45) is -1.29. The van der Waals surface area contributed by atoms with E-state index in [1.165, 1.54) is 4.90 Å². The van der Waals surface area contributed by atoms with Gasteiger partial charge in [0.2, 0.25) is 0 Å². The number of alkyl halides is 3. The lowest BCUT2D eigenvalue weighted by Crippen LogP contribution is -2.65. The maximum absolute atomic E-state index is 12.5. The van der Waals surface area contributed by atoms with Crippen LogP contribution in [0.25, 0.3) is 0 Å². The number of hydrogen-bond acceptors (Lipinski definition) is 4. The Kier molecular flexibility index (Phi) is 4.86. The van der Waals surface area contributed by atoms with Crippen molar-refractivity contribution in [2.45, 2.75) is 57.9 Å². The van der Waals surface area contributed by atoms with Crippen molar-refractivity contribution in [3.05, 3.63) is 0 Å². The van der Waals surface area contributed by atoms with Crippen molar-refractivity contribution < 1.29 is 27.4 Å². The fraction of sp³-hybridized carbons (Fsp3) is 0.941. The number of fused-ring (bicyclic) bond motifs is 1. The van der Waals surface area contributed by atoms with Gasteiger partial charge in [-0.1, -0.05) is 13.8 Å². The van der Waals surface area contributed by atoms with E-state index in [1.807, 2.05) is 0 Å². The van der Waals surface area contributed by atoms with E-state index in [1.54, 1.807) is 0 Å². The smallest absolute Gasteiger partial charge is 0.401 e. The van der Waals surface area contributed by atoms with Crippen LogP contribution in [0.5, 0.6) is 0 Å². The van der Waals surface area contributed by atoms with E-state index in [0.29, 0.717) is 25.9 Å². The molecule has 3 rings (SSSR count). The van der Waals surface area contributed by atoms with E-state index in [0.717, 1.165) is 19.4 Å². The average molecular weight is 349 g/mol. The normalized spacial score (nSPS) is 34.3. The van der Waals surface area contributed by atoms with E-state index in [2.05, 4.69) is 13.8 Å². The summed E-state index contributed by atoms with van der Waals surface area (Å²) in [5.41, 5.74) is -0.183. The van der Waals surface area contributed by atoms with E-state index in [-0.39, 0.29) is 35.4 Å². The summed E-state index contributed by atoms with van der Waals surface area (Å²) >= 11 is 0. The zero-order chi connectivity index (χ0) is 17.5. The van der Waals surface area contributed by atoms with Gasteiger partial charge in [0.15, 0.2) is 0 Å². The third kappa shape index (κ3) is 3.57. The van der Waals surface area contributed by atoms with Crippen molar-refractivity contribution in [3.8, 4) is 0 Å². The quantitative estimate of drug-likeness (QED) is 0.734. The summed E-state index contributed by atoms with van der Waals surface area (Å²) in [5, 5.41) is 0. The molecule has 3 fully saturated rings. The number of hydrogen-bond donors (Lipinski definition) is 0. The third-order valence-electron chi connectivity index (χ3n) is 5.79. The number of carbonyl (C=O) groups is 1. The van der Waals surface area contributed by atoms with Gasteiger partial charge in [-0.2, -0.15) is 13.2 Å². The lowest BCUT2D eigenvalue weighted by molar-refractivity contribution is -0.256. The zero-order valence-corrected chi connectivity index (χ0v) is 14.3. The molecule has 3 aliphatic rings. The molecule has 1 aliphatic carbocycles. The van der Waals surface area contributed by atoms with Crippen molar-refractivity contribution in [2.24, 2.45) is 17.3 Å². The fourth-order valence-electron chi connectivity index (χ4n) is 4.52. The molecular weight excluding hydrogens is 323 g/mol.